The van der Waals surface area contributed by atoms with E-state index in [9.17, 15) is 4.79 Å². The fourth-order valence-electron chi connectivity index (χ4n) is 1.59. The van der Waals surface area contributed by atoms with Gasteiger partial charge in [0.1, 0.15) is 4.88 Å². The SMILES string of the molecule is CC(OC(=O)c1ccc(Br)s1)c1nnc(-c2cccs2)o1. The zero-order chi connectivity index (χ0) is 14.8. The second-order valence-electron chi connectivity index (χ2n) is 4.07. The molecule has 0 amide bonds. The van der Waals surface area contributed by atoms with E-state index in [1.807, 2.05) is 17.5 Å². The van der Waals surface area contributed by atoms with Gasteiger partial charge in [0.25, 0.3) is 11.8 Å². The van der Waals surface area contributed by atoms with Crippen LogP contribution < -0.4 is 0 Å². The first-order chi connectivity index (χ1) is 10.1. The molecule has 0 aliphatic carbocycles. The van der Waals surface area contributed by atoms with Gasteiger partial charge in [-0.2, -0.15) is 0 Å². The number of ether oxygens (including phenoxy) is 1. The lowest BCUT2D eigenvalue weighted by molar-refractivity contribution is 0.0286. The summed E-state index contributed by atoms with van der Waals surface area (Å²) in [5.74, 6) is 0.304. The van der Waals surface area contributed by atoms with Crippen molar-refractivity contribution in [3.8, 4) is 10.8 Å². The van der Waals surface area contributed by atoms with Gasteiger partial charge < -0.3 is 9.15 Å². The van der Waals surface area contributed by atoms with Crippen molar-refractivity contribution in [2.75, 3.05) is 0 Å². The third-order valence-corrected chi connectivity index (χ3v) is 5.04. The second kappa shape index (κ2) is 6.08. The highest BCUT2D eigenvalue weighted by Crippen LogP contribution is 2.27. The number of nitrogens with zero attached hydrogens (tertiary/aromatic N) is 2. The van der Waals surface area contributed by atoms with Gasteiger partial charge >= 0.3 is 5.97 Å². The maximum atomic E-state index is 12.0. The van der Waals surface area contributed by atoms with Gasteiger partial charge in [0.15, 0.2) is 6.10 Å². The third kappa shape index (κ3) is 3.22. The van der Waals surface area contributed by atoms with E-state index in [0.29, 0.717) is 10.8 Å². The molecule has 8 heteroatoms. The first-order valence-electron chi connectivity index (χ1n) is 5.97. The molecule has 5 nitrogen and oxygen atoms in total. The molecule has 0 aliphatic heterocycles. The molecule has 0 saturated heterocycles. The fourth-order valence-corrected chi connectivity index (χ4v) is 3.50. The van der Waals surface area contributed by atoms with Crippen LogP contribution in [0.1, 0.15) is 28.6 Å². The number of rotatable bonds is 4. The van der Waals surface area contributed by atoms with Gasteiger partial charge in [0.05, 0.1) is 8.66 Å². The molecule has 1 atom stereocenters. The quantitative estimate of drug-likeness (QED) is 0.617. The fraction of sp³-hybridized carbons (Fsp3) is 0.154. The molecule has 0 radical (unpaired) electrons. The molecule has 0 fully saturated rings. The Labute approximate surface area is 136 Å². The van der Waals surface area contributed by atoms with Crippen molar-refractivity contribution < 1.29 is 13.9 Å². The lowest BCUT2D eigenvalue weighted by atomic mass is 10.4. The normalized spacial score (nSPS) is 12.3. The molecule has 3 aromatic heterocycles. The average Bonchev–Trinajstić information content (AvgIpc) is 3.19. The number of hydrogen-bond donors (Lipinski definition) is 0. The van der Waals surface area contributed by atoms with Gasteiger partial charge in [0, 0.05) is 0 Å². The Morgan fingerprint density at radius 2 is 2.24 bits per heavy atom. The first kappa shape index (κ1) is 14.4. The molecule has 0 aromatic carbocycles. The van der Waals surface area contributed by atoms with E-state index >= 15 is 0 Å². The molecule has 0 saturated carbocycles. The Kier molecular flexibility index (Phi) is 4.18. The lowest BCUT2D eigenvalue weighted by Crippen LogP contribution is -2.08. The average molecular weight is 385 g/mol. The summed E-state index contributed by atoms with van der Waals surface area (Å²) >= 11 is 6.13. The first-order valence-corrected chi connectivity index (χ1v) is 8.46. The van der Waals surface area contributed by atoms with Crippen LogP contribution in [0.3, 0.4) is 0 Å². The Balaban J connectivity index is 1.71. The highest BCUT2D eigenvalue weighted by Gasteiger charge is 2.21. The van der Waals surface area contributed by atoms with E-state index < -0.39 is 12.1 Å². The van der Waals surface area contributed by atoms with Crippen LogP contribution in [0.25, 0.3) is 10.8 Å². The van der Waals surface area contributed by atoms with E-state index in [1.165, 1.54) is 22.7 Å². The number of esters is 1. The predicted octanol–water partition coefficient (Wildman–Crippen LogP) is 4.54. The third-order valence-electron chi connectivity index (χ3n) is 2.58. The van der Waals surface area contributed by atoms with E-state index in [2.05, 4.69) is 26.1 Å². The van der Waals surface area contributed by atoms with Crippen molar-refractivity contribution >= 4 is 44.6 Å². The Morgan fingerprint density at radius 1 is 1.38 bits per heavy atom. The minimum Gasteiger partial charge on any atom is -0.448 e. The Morgan fingerprint density at radius 3 is 2.90 bits per heavy atom. The number of carbonyl (C=O) groups is 1. The summed E-state index contributed by atoms with van der Waals surface area (Å²) in [6, 6.07) is 7.30. The van der Waals surface area contributed by atoms with E-state index in [4.69, 9.17) is 9.15 Å². The highest BCUT2D eigenvalue weighted by atomic mass is 79.9. The van der Waals surface area contributed by atoms with Gasteiger partial charge in [-0.3, -0.25) is 0 Å². The minimum atomic E-state index is -0.598. The van der Waals surface area contributed by atoms with Crippen LogP contribution in [-0.2, 0) is 4.74 Å². The maximum Gasteiger partial charge on any atom is 0.349 e. The molecule has 0 N–H and O–H groups in total. The molecular formula is C13H9BrN2O3S2. The topological polar surface area (TPSA) is 65.2 Å². The minimum absolute atomic E-state index is 0.280. The Hall–Kier alpha value is -1.51. The number of aromatic nitrogens is 2. The summed E-state index contributed by atoms with van der Waals surface area (Å²) < 4.78 is 11.7. The molecule has 3 aromatic rings. The molecule has 3 rings (SSSR count). The Bertz CT molecular complexity index is 751. The van der Waals surface area contributed by atoms with Crippen molar-refractivity contribution in [1.29, 1.82) is 0 Å². The molecule has 0 aliphatic rings. The number of hydrogen-bond acceptors (Lipinski definition) is 7. The van der Waals surface area contributed by atoms with E-state index in [0.717, 1.165) is 8.66 Å². The van der Waals surface area contributed by atoms with Gasteiger partial charge in [0.2, 0.25) is 0 Å². The summed E-state index contributed by atoms with van der Waals surface area (Å²) in [5.41, 5.74) is 0. The molecule has 3 heterocycles. The smallest absolute Gasteiger partial charge is 0.349 e. The number of thiophene rings is 2. The molecule has 1 unspecified atom stereocenters. The van der Waals surface area contributed by atoms with Crippen LogP contribution in [0.15, 0.2) is 37.8 Å². The predicted molar refractivity (Wildman–Crippen MR) is 83.5 cm³/mol. The second-order valence-corrected chi connectivity index (χ2v) is 7.48. The van der Waals surface area contributed by atoms with E-state index in [1.54, 1.807) is 19.1 Å². The van der Waals surface area contributed by atoms with Crippen LogP contribution in [0.4, 0.5) is 0 Å². The van der Waals surface area contributed by atoms with Crippen LogP contribution in [0, 0.1) is 0 Å². The summed E-state index contributed by atoms with van der Waals surface area (Å²) in [4.78, 5) is 13.4. The van der Waals surface area contributed by atoms with Crippen LogP contribution in [0.5, 0.6) is 0 Å². The van der Waals surface area contributed by atoms with Crippen molar-refractivity contribution in [2.45, 2.75) is 13.0 Å². The van der Waals surface area contributed by atoms with Crippen LogP contribution >= 0.6 is 38.6 Å². The van der Waals surface area contributed by atoms with Gasteiger partial charge in [-0.1, -0.05) is 6.07 Å². The lowest BCUT2D eigenvalue weighted by Gasteiger charge is -2.07. The summed E-state index contributed by atoms with van der Waals surface area (Å²) in [6.45, 7) is 1.70. The monoisotopic (exact) mass is 384 g/mol. The standard InChI is InChI=1S/C13H9BrN2O3S2/c1-7(18-13(17)9-4-5-10(14)21-9)11-15-16-12(19-11)8-3-2-6-20-8/h2-7H,1H3. The van der Waals surface area contributed by atoms with Crippen LogP contribution in [-0.4, -0.2) is 16.2 Å². The molecule has 0 bridgehead atoms. The van der Waals surface area contributed by atoms with Crippen LogP contribution in [0.2, 0.25) is 0 Å². The molecule has 0 spiro atoms. The summed E-state index contributed by atoms with van der Waals surface area (Å²) in [7, 11) is 0. The van der Waals surface area contributed by atoms with Crippen molar-refractivity contribution in [1.82, 2.24) is 10.2 Å². The molecular weight excluding hydrogens is 376 g/mol. The summed E-state index contributed by atoms with van der Waals surface area (Å²) in [6.07, 6.45) is -0.598. The maximum absolute atomic E-state index is 12.0. The van der Waals surface area contributed by atoms with Crippen molar-refractivity contribution in [2.24, 2.45) is 0 Å². The summed E-state index contributed by atoms with van der Waals surface area (Å²) in [5, 5.41) is 9.82. The van der Waals surface area contributed by atoms with Gasteiger partial charge in [-0.05, 0) is 46.4 Å². The number of halogens is 1. The van der Waals surface area contributed by atoms with Gasteiger partial charge in [-0.25, -0.2) is 4.79 Å². The molecule has 108 valence electrons. The molecule has 21 heavy (non-hydrogen) atoms. The van der Waals surface area contributed by atoms with Crippen molar-refractivity contribution in [3.63, 3.8) is 0 Å². The zero-order valence-corrected chi connectivity index (χ0v) is 14.0. The largest absolute Gasteiger partial charge is 0.448 e. The van der Waals surface area contributed by atoms with Crippen molar-refractivity contribution in [3.05, 3.63) is 44.2 Å². The number of carbonyl (C=O) groups excluding carboxylic acids is 1. The highest BCUT2D eigenvalue weighted by molar-refractivity contribution is 9.11. The zero-order valence-electron chi connectivity index (χ0n) is 10.8. The van der Waals surface area contributed by atoms with Gasteiger partial charge in [-0.15, -0.1) is 32.9 Å². The van der Waals surface area contributed by atoms with E-state index in [-0.39, 0.29) is 5.89 Å².